The Bertz CT molecular complexity index is 1240. The molecule has 0 saturated carbocycles. The SMILES string of the molecule is CS(=O)(=O)N1CCN(C(=O)N2C[C@@H](CNc3ccc(C(F)(F)F)cn3)[C@@H](c3ccc(Cl)c(Cl)c3)C2)CC1. The quantitative estimate of drug-likeness (QED) is 0.573. The number of piperazine rings is 1. The molecule has 2 aliphatic rings. The first-order valence-electron chi connectivity index (χ1n) is 11.5. The summed E-state index contributed by atoms with van der Waals surface area (Å²) in [7, 11) is -3.32. The highest BCUT2D eigenvalue weighted by Gasteiger charge is 2.39. The maximum Gasteiger partial charge on any atom is 0.417 e. The molecule has 2 aromatic rings. The minimum atomic E-state index is -4.47. The fourth-order valence-corrected chi connectivity index (χ4v) is 5.80. The van der Waals surface area contributed by atoms with Crippen molar-refractivity contribution in [3.63, 3.8) is 0 Å². The van der Waals surface area contributed by atoms with E-state index in [1.54, 1.807) is 21.9 Å². The summed E-state index contributed by atoms with van der Waals surface area (Å²) in [4.78, 5) is 20.5. The van der Waals surface area contributed by atoms with Gasteiger partial charge in [-0.1, -0.05) is 29.3 Å². The van der Waals surface area contributed by atoms with Crippen LogP contribution in [0.4, 0.5) is 23.8 Å². The van der Waals surface area contributed by atoms with Gasteiger partial charge in [-0.2, -0.15) is 17.5 Å². The molecule has 0 bridgehead atoms. The molecule has 4 rings (SSSR count). The summed E-state index contributed by atoms with van der Waals surface area (Å²) in [6.45, 7) is 2.20. The van der Waals surface area contributed by atoms with Crippen molar-refractivity contribution in [1.29, 1.82) is 0 Å². The number of hydrogen-bond acceptors (Lipinski definition) is 5. The lowest BCUT2D eigenvalue weighted by atomic mass is 9.89. The smallest absolute Gasteiger partial charge is 0.370 e. The first kappa shape index (κ1) is 27.7. The van der Waals surface area contributed by atoms with Gasteiger partial charge in [0.15, 0.2) is 0 Å². The first-order valence-corrected chi connectivity index (χ1v) is 14.1. The molecule has 14 heteroatoms. The number of anilines is 1. The second kappa shape index (κ2) is 10.8. The van der Waals surface area contributed by atoms with E-state index in [1.807, 2.05) is 6.07 Å². The van der Waals surface area contributed by atoms with Crippen molar-refractivity contribution in [3.8, 4) is 0 Å². The van der Waals surface area contributed by atoms with Gasteiger partial charge in [-0.3, -0.25) is 0 Å². The molecule has 202 valence electrons. The predicted molar refractivity (Wildman–Crippen MR) is 135 cm³/mol. The third-order valence-electron chi connectivity index (χ3n) is 6.70. The number of amides is 2. The zero-order chi connectivity index (χ0) is 27.0. The molecule has 1 aromatic heterocycles. The van der Waals surface area contributed by atoms with Gasteiger partial charge < -0.3 is 15.1 Å². The molecule has 2 aliphatic heterocycles. The van der Waals surface area contributed by atoms with Crippen LogP contribution in [0.2, 0.25) is 10.0 Å². The van der Waals surface area contributed by atoms with Crippen LogP contribution in [0.1, 0.15) is 17.0 Å². The third-order valence-corrected chi connectivity index (χ3v) is 8.74. The monoisotopic (exact) mass is 579 g/mol. The van der Waals surface area contributed by atoms with E-state index in [0.29, 0.717) is 35.5 Å². The molecular weight excluding hydrogens is 554 g/mol. The number of carbonyl (C=O) groups is 1. The number of nitrogens with one attached hydrogen (secondary N) is 1. The van der Waals surface area contributed by atoms with Gasteiger partial charge in [-0.25, -0.2) is 18.2 Å². The Balaban J connectivity index is 1.47. The van der Waals surface area contributed by atoms with Crippen molar-refractivity contribution >= 4 is 45.1 Å². The molecule has 1 N–H and O–H groups in total. The van der Waals surface area contributed by atoms with Crippen LogP contribution in [0.3, 0.4) is 0 Å². The summed E-state index contributed by atoms with van der Waals surface area (Å²) in [6, 6.07) is 7.35. The minimum absolute atomic E-state index is 0.0948. The predicted octanol–water partition coefficient (Wildman–Crippen LogP) is 4.23. The van der Waals surface area contributed by atoms with Crippen molar-refractivity contribution in [3.05, 3.63) is 57.7 Å². The first-order chi connectivity index (χ1) is 17.3. The van der Waals surface area contributed by atoms with Crippen molar-refractivity contribution in [2.24, 2.45) is 5.92 Å². The molecule has 2 fully saturated rings. The van der Waals surface area contributed by atoms with Gasteiger partial charge in [-0.15, -0.1) is 0 Å². The van der Waals surface area contributed by atoms with Gasteiger partial charge in [-0.05, 0) is 29.8 Å². The Morgan fingerprint density at radius 2 is 1.76 bits per heavy atom. The van der Waals surface area contributed by atoms with Crippen LogP contribution in [0.25, 0.3) is 0 Å². The molecule has 37 heavy (non-hydrogen) atoms. The summed E-state index contributed by atoms with van der Waals surface area (Å²) in [6.07, 6.45) is -2.54. The van der Waals surface area contributed by atoms with Crippen LogP contribution >= 0.6 is 23.2 Å². The lowest BCUT2D eigenvalue weighted by molar-refractivity contribution is -0.137. The van der Waals surface area contributed by atoms with Gasteiger partial charge in [0, 0.05) is 63.8 Å². The van der Waals surface area contributed by atoms with Gasteiger partial charge >= 0.3 is 12.2 Å². The Hall–Kier alpha value is -2.28. The van der Waals surface area contributed by atoms with E-state index in [9.17, 15) is 26.4 Å². The number of nitrogens with zero attached hydrogens (tertiary/aromatic N) is 4. The summed E-state index contributed by atoms with van der Waals surface area (Å²) in [5.41, 5.74) is 0.0547. The number of likely N-dealkylation sites (tertiary alicyclic amines) is 1. The van der Waals surface area contributed by atoms with E-state index in [2.05, 4.69) is 10.3 Å². The molecule has 3 heterocycles. The Morgan fingerprint density at radius 1 is 1.05 bits per heavy atom. The second-order valence-corrected chi connectivity index (χ2v) is 12.0. The van der Waals surface area contributed by atoms with Crippen molar-refractivity contribution < 1.29 is 26.4 Å². The molecule has 0 aliphatic carbocycles. The van der Waals surface area contributed by atoms with Crippen LogP contribution in [0.5, 0.6) is 0 Å². The van der Waals surface area contributed by atoms with E-state index in [-0.39, 0.29) is 44.0 Å². The van der Waals surface area contributed by atoms with Crippen LogP contribution in [-0.4, -0.2) is 85.6 Å². The molecule has 1 aromatic carbocycles. The Kier molecular flexibility index (Phi) is 8.13. The number of rotatable bonds is 5. The number of urea groups is 1. The summed E-state index contributed by atoms with van der Waals surface area (Å²) < 4.78 is 63.5. The number of halogens is 5. The molecular formula is C23H26Cl2F3N5O3S. The fraction of sp³-hybridized carbons (Fsp3) is 0.478. The van der Waals surface area contributed by atoms with Gasteiger partial charge in [0.2, 0.25) is 10.0 Å². The number of hydrogen-bond donors (Lipinski definition) is 1. The summed E-state index contributed by atoms with van der Waals surface area (Å²) in [5.74, 6) is 0.0862. The van der Waals surface area contributed by atoms with Crippen molar-refractivity contribution in [2.45, 2.75) is 12.1 Å². The average molecular weight is 580 g/mol. The van der Waals surface area contributed by atoms with Crippen LogP contribution < -0.4 is 5.32 Å². The molecule has 2 saturated heterocycles. The lowest BCUT2D eigenvalue weighted by Gasteiger charge is -2.35. The topological polar surface area (TPSA) is 85.9 Å². The van der Waals surface area contributed by atoms with Crippen molar-refractivity contribution in [1.82, 2.24) is 19.1 Å². The molecule has 2 amide bonds. The van der Waals surface area contributed by atoms with E-state index in [4.69, 9.17) is 23.2 Å². The van der Waals surface area contributed by atoms with Gasteiger partial charge in [0.25, 0.3) is 0 Å². The Labute approximate surface area is 223 Å². The van der Waals surface area contributed by atoms with Gasteiger partial charge in [0.05, 0.1) is 21.9 Å². The van der Waals surface area contributed by atoms with Crippen LogP contribution in [0, 0.1) is 5.92 Å². The van der Waals surface area contributed by atoms with Gasteiger partial charge in [0.1, 0.15) is 5.82 Å². The van der Waals surface area contributed by atoms with E-state index in [0.717, 1.165) is 24.1 Å². The number of benzene rings is 1. The number of carbonyl (C=O) groups excluding carboxylic acids is 1. The minimum Gasteiger partial charge on any atom is -0.370 e. The normalized spacial score (nSPS) is 21.4. The number of sulfonamides is 1. The fourth-order valence-electron chi connectivity index (χ4n) is 4.67. The molecule has 0 unspecified atom stereocenters. The zero-order valence-electron chi connectivity index (χ0n) is 19.9. The maximum absolute atomic E-state index is 13.3. The van der Waals surface area contributed by atoms with E-state index >= 15 is 0 Å². The molecule has 8 nitrogen and oxygen atoms in total. The number of pyridine rings is 1. The van der Waals surface area contributed by atoms with Crippen molar-refractivity contribution in [2.75, 3.05) is 57.4 Å². The highest BCUT2D eigenvalue weighted by Crippen LogP contribution is 2.36. The number of alkyl halides is 3. The van der Waals surface area contributed by atoms with E-state index in [1.165, 1.54) is 10.4 Å². The van der Waals surface area contributed by atoms with Crippen LogP contribution in [-0.2, 0) is 16.2 Å². The largest absolute Gasteiger partial charge is 0.417 e. The summed E-state index contributed by atoms with van der Waals surface area (Å²) >= 11 is 12.3. The standard InChI is InChI=1S/C23H26Cl2F3N5O3S/c1-37(35,36)33-8-6-31(7-9-33)22(34)32-13-16(18(14-32)15-2-4-19(24)20(25)10-15)11-29-21-5-3-17(12-30-21)23(26,27)28/h2-5,10,12,16,18H,6-9,11,13-14H2,1H3,(H,29,30)/t16-,18-/m1/s1. The second-order valence-electron chi connectivity index (χ2n) is 9.19. The summed E-state index contributed by atoms with van der Waals surface area (Å²) in [5, 5.41) is 3.88. The average Bonchev–Trinajstić information content (AvgIpc) is 3.27. The molecule has 0 spiro atoms. The number of aromatic nitrogens is 1. The third kappa shape index (κ3) is 6.60. The highest BCUT2D eigenvalue weighted by atomic mass is 35.5. The lowest BCUT2D eigenvalue weighted by Crippen LogP contribution is -2.53. The Morgan fingerprint density at radius 3 is 2.32 bits per heavy atom. The molecule has 2 atom stereocenters. The molecule has 0 radical (unpaired) electrons. The maximum atomic E-state index is 13.3. The van der Waals surface area contributed by atoms with E-state index < -0.39 is 21.8 Å². The zero-order valence-corrected chi connectivity index (χ0v) is 22.2. The van der Waals surface area contributed by atoms with Crippen LogP contribution in [0.15, 0.2) is 36.5 Å². The highest BCUT2D eigenvalue weighted by molar-refractivity contribution is 7.88.